The molecule has 42 heavy (non-hydrogen) atoms. The Balaban J connectivity index is 1.50. The van der Waals surface area contributed by atoms with Crippen LogP contribution in [0, 0.1) is 57.8 Å². The zero-order valence-electron chi connectivity index (χ0n) is 26.7. The van der Waals surface area contributed by atoms with E-state index in [0.717, 1.165) is 44.1 Å². The van der Waals surface area contributed by atoms with Crippen molar-refractivity contribution in [2.75, 3.05) is 13.7 Å². The second-order valence-electron chi connectivity index (χ2n) is 15.6. The van der Waals surface area contributed by atoms with Crippen molar-refractivity contribution < 1.29 is 18.8 Å². The number of aromatic nitrogens is 2. The standard InChI is InChI=1S/C35H47N3O4/c1-20-10-14-35(30-37-26(38-42-30)12-17-41-9)16-15-34(7)28(27(35)21(20)2)23(39)18-25-32(5)19-22(36-8)29(40)31(3,4)24(32)11-13-33(25,34)6/h18-21,24,27-28H,10-17H2,1-7,9H3/t20-,21+,24+,27+,28-,32+,33-,34-,35+/m1/s1. The normalized spacial score (nSPS) is 44.1. The number of rotatable bonds is 4. The summed E-state index contributed by atoms with van der Waals surface area (Å²) in [7, 11) is 1.68. The van der Waals surface area contributed by atoms with Crippen molar-refractivity contribution in [3.05, 3.63) is 46.6 Å². The molecule has 7 heteroatoms. The molecule has 226 valence electrons. The minimum atomic E-state index is -0.653. The third-order valence-electron chi connectivity index (χ3n) is 13.6. The molecule has 5 aliphatic carbocycles. The van der Waals surface area contributed by atoms with Gasteiger partial charge in [-0.05, 0) is 79.1 Å². The van der Waals surface area contributed by atoms with Crippen LogP contribution in [0.3, 0.4) is 0 Å². The molecule has 5 aliphatic rings. The molecule has 6 rings (SSSR count). The Hall–Kier alpha value is -2.59. The number of methoxy groups -OCH3 is 1. The lowest BCUT2D eigenvalue weighted by atomic mass is 9.34. The van der Waals surface area contributed by atoms with Crippen LogP contribution in [0.5, 0.6) is 0 Å². The molecule has 3 fully saturated rings. The molecular formula is C35H47N3O4. The third-order valence-corrected chi connectivity index (χ3v) is 13.6. The first-order valence-corrected chi connectivity index (χ1v) is 15.9. The largest absolute Gasteiger partial charge is 0.384 e. The molecule has 0 radical (unpaired) electrons. The summed E-state index contributed by atoms with van der Waals surface area (Å²) in [4.78, 5) is 36.7. The van der Waals surface area contributed by atoms with Crippen LogP contribution < -0.4 is 0 Å². The molecule has 0 spiro atoms. The average Bonchev–Trinajstić information content (AvgIpc) is 3.43. The van der Waals surface area contributed by atoms with Gasteiger partial charge in [0, 0.05) is 30.3 Å². The lowest BCUT2D eigenvalue weighted by Gasteiger charge is -2.69. The average molecular weight is 574 g/mol. The predicted octanol–water partition coefficient (Wildman–Crippen LogP) is 6.94. The monoisotopic (exact) mass is 573 g/mol. The van der Waals surface area contributed by atoms with Crippen LogP contribution in [-0.2, 0) is 26.2 Å². The van der Waals surface area contributed by atoms with Gasteiger partial charge in [-0.3, -0.25) is 4.79 Å². The van der Waals surface area contributed by atoms with Crippen molar-refractivity contribution in [3.8, 4) is 0 Å². The first-order chi connectivity index (χ1) is 19.7. The van der Waals surface area contributed by atoms with Gasteiger partial charge < -0.3 is 14.1 Å². The number of fused-ring (bicyclic) bond motifs is 7. The van der Waals surface area contributed by atoms with Crippen LogP contribution in [0.4, 0.5) is 0 Å². The number of carbonyl (C=O) groups is 2. The van der Waals surface area contributed by atoms with Crippen LogP contribution in [0.25, 0.3) is 4.85 Å². The van der Waals surface area contributed by atoms with Crippen molar-refractivity contribution in [1.82, 2.24) is 10.1 Å². The van der Waals surface area contributed by atoms with Crippen LogP contribution in [0.15, 0.2) is 27.9 Å². The number of carbonyl (C=O) groups excluding carboxylic acids is 2. The fraction of sp³-hybridized carbons (Fsp3) is 0.743. The van der Waals surface area contributed by atoms with E-state index in [1.807, 2.05) is 26.0 Å². The molecule has 1 aromatic rings. The van der Waals surface area contributed by atoms with Gasteiger partial charge in [-0.2, -0.15) is 4.98 Å². The van der Waals surface area contributed by atoms with E-state index in [9.17, 15) is 9.59 Å². The number of nitrogens with zero attached hydrogens (tertiary/aromatic N) is 3. The Labute approximate surface area is 250 Å². The van der Waals surface area contributed by atoms with Crippen molar-refractivity contribution in [3.63, 3.8) is 0 Å². The number of ketones is 2. The molecule has 0 N–H and O–H groups in total. The first kappa shape index (κ1) is 29.5. The van der Waals surface area contributed by atoms with E-state index in [0.29, 0.717) is 36.6 Å². The number of hydrogen-bond acceptors (Lipinski definition) is 6. The summed E-state index contributed by atoms with van der Waals surface area (Å²) in [5, 5.41) is 4.35. The highest BCUT2D eigenvalue weighted by atomic mass is 16.5. The van der Waals surface area contributed by atoms with Crippen molar-refractivity contribution in [2.45, 2.75) is 98.8 Å². The maximum atomic E-state index is 14.7. The predicted molar refractivity (Wildman–Crippen MR) is 159 cm³/mol. The SMILES string of the molecule is [C-]#[N+]C1=C[C@]2(C)C3=CC(=O)[C@@H]4[C@@H]5[C@@H](C)[C@H](C)CC[C@]5(c5nc(CCOC)no5)CC[C@@]4(C)[C@]3(C)CC[C@H]2C(C)(C)C1=O. The molecule has 0 amide bonds. The van der Waals surface area contributed by atoms with Gasteiger partial charge in [-0.15, -0.1) is 0 Å². The molecular weight excluding hydrogens is 526 g/mol. The Bertz CT molecular complexity index is 1430. The first-order valence-electron chi connectivity index (χ1n) is 15.9. The maximum Gasteiger partial charge on any atom is 0.233 e. The zero-order chi connectivity index (χ0) is 30.5. The Morgan fingerprint density at radius 3 is 2.50 bits per heavy atom. The number of hydrogen-bond donors (Lipinski definition) is 0. The summed E-state index contributed by atoms with van der Waals surface area (Å²) in [5.74, 6) is 2.33. The second-order valence-corrected chi connectivity index (χ2v) is 15.6. The number of allylic oxidation sites excluding steroid dienone is 4. The highest BCUT2D eigenvalue weighted by Crippen LogP contribution is 2.74. The lowest BCUT2D eigenvalue weighted by Crippen LogP contribution is -2.66. The van der Waals surface area contributed by atoms with Crippen LogP contribution in [0.1, 0.15) is 98.7 Å². The molecule has 0 saturated heterocycles. The molecule has 7 nitrogen and oxygen atoms in total. The van der Waals surface area contributed by atoms with Gasteiger partial charge in [0.05, 0.1) is 18.6 Å². The van der Waals surface area contributed by atoms with Gasteiger partial charge in [0.25, 0.3) is 0 Å². The fourth-order valence-corrected chi connectivity index (χ4v) is 10.9. The molecule has 3 saturated carbocycles. The third kappa shape index (κ3) is 3.60. The van der Waals surface area contributed by atoms with Gasteiger partial charge in [0.1, 0.15) is 0 Å². The summed E-state index contributed by atoms with van der Waals surface area (Å²) in [6.45, 7) is 24.0. The molecule has 0 unspecified atom stereocenters. The van der Waals surface area contributed by atoms with E-state index in [1.165, 1.54) is 0 Å². The molecule has 0 aromatic carbocycles. The minimum Gasteiger partial charge on any atom is -0.384 e. The van der Waals surface area contributed by atoms with E-state index in [1.54, 1.807) is 7.11 Å². The van der Waals surface area contributed by atoms with E-state index in [4.69, 9.17) is 20.8 Å². The molecule has 0 bridgehead atoms. The summed E-state index contributed by atoms with van der Waals surface area (Å²) < 4.78 is 11.3. The molecule has 1 aromatic heterocycles. The van der Waals surface area contributed by atoms with Crippen molar-refractivity contribution in [2.24, 2.45) is 51.2 Å². The quantitative estimate of drug-likeness (QED) is 0.363. The Kier molecular flexibility index (Phi) is 6.64. The smallest absolute Gasteiger partial charge is 0.233 e. The van der Waals surface area contributed by atoms with Crippen molar-refractivity contribution >= 4 is 11.6 Å². The van der Waals surface area contributed by atoms with Crippen molar-refractivity contribution in [1.29, 1.82) is 0 Å². The van der Waals surface area contributed by atoms with E-state index >= 15 is 0 Å². The molecule has 1 heterocycles. The van der Waals surface area contributed by atoms with E-state index in [-0.39, 0.29) is 51.3 Å². The summed E-state index contributed by atoms with van der Waals surface area (Å²) in [6, 6.07) is 0. The number of Topliss-reactive ketones (excluding diaryl/α,β-unsaturated/α-hetero) is 1. The van der Waals surface area contributed by atoms with Gasteiger partial charge in [-0.25, -0.2) is 4.85 Å². The molecule has 9 atom stereocenters. The van der Waals surface area contributed by atoms with Gasteiger partial charge in [-0.1, -0.05) is 65.3 Å². The Morgan fingerprint density at radius 2 is 1.81 bits per heavy atom. The fourth-order valence-electron chi connectivity index (χ4n) is 10.9. The van der Waals surface area contributed by atoms with E-state index < -0.39 is 10.8 Å². The number of ether oxygens (including phenoxy) is 1. The van der Waals surface area contributed by atoms with Crippen LogP contribution in [-0.4, -0.2) is 35.4 Å². The summed E-state index contributed by atoms with van der Waals surface area (Å²) >= 11 is 0. The van der Waals surface area contributed by atoms with E-state index in [2.05, 4.69) is 44.6 Å². The summed E-state index contributed by atoms with van der Waals surface area (Å²) in [5.41, 5.74) is -0.623. The van der Waals surface area contributed by atoms with Crippen LogP contribution in [0.2, 0.25) is 0 Å². The maximum absolute atomic E-state index is 14.7. The van der Waals surface area contributed by atoms with Gasteiger partial charge >= 0.3 is 0 Å². The zero-order valence-corrected chi connectivity index (χ0v) is 26.7. The second kappa shape index (κ2) is 9.45. The van der Waals surface area contributed by atoms with Crippen LogP contribution >= 0.6 is 0 Å². The van der Waals surface area contributed by atoms with Gasteiger partial charge in [0.2, 0.25) is 11.6 Å². The summed E-state index contributed by atoms with van der Waals surface area (Å²) in [6.07, 6.45) is 10.2. The minimum absolute atomic E-state index is 0.0514. The lowest BCUT2D eigenvalue weighted by molar-refractivity contribution is -0.166. The highest BCUT2D eigenvalue weighted by Gasteiger charge is 2.71. The highest BCUT2D eigenvalue weighted by molar-refractivity contribution is 6.03. The Morgan fingerprint density at radius 1 is 1.07 bits per heavy atom. The van der Waals surface area contributed by atoms with Gasteiger partial charge in [0.15, 0.2) is 17.4 Å². The molecule has 0 aliphatic heterocycles. The topological polar surface area (TPSA) is 86.7 Å².